The number of hydrogen-bond acceptors (Lipinski definition) is 24. The van der Waals surface area contributed by atoms with Crippen molar-refractivity contribution >= 4 is 101 Å². The molecular formula is C66H107N21O21. The van der Waals surface area contributed by atoms with Crippen LogP contribution < -0.4 is 103 Å². The number of aliphatic hydroxyl groups excluding tert-OH is 2. The standard InChI is InChI=1S/C66H107N21O21/c1-34(2)53(65(106)84-46(27-52(94)95)61(102)77-35(3)55(96)80-43(20-21-48(71)90)60(101)75-31-51(93)87-54(37(5)89)66(107)108)86-50(92)30-74-59(100)41(18-10-13-23-68)81-62(103)44(25-38-15-7-6-8-16-38)79-49(91)29-73-58(99)42(19-11-14-24-69)82-63(104)45(26-39-28-72-33-76-39)83-56(97)36(4)78-64(105)47(32-88)85-57(98)40(70)17-9-12-22-67/h6-8,15-16,28,33-37,40-47,53-54,88-89H,9-14,17-27,29-32,67-70H2,1-5H3,(H2,71,90)(H,72,76)(H,73,99)(H,74,100)(H,75,101)(H,77,102)(H,78,105)(H,79,91)(H,80,96)(H,81,103)(H,82,104)(H,83,97)(H,84,106)(H,85,98)(H,86,92)(H,87,93)(H,94,95)(H,107,108)/t35-,36-,37+,40-,41-,42-,43-,44-,45-,46-,47-,53-,54-/m0/s1. The Kier molecular flexibility index (Phi) is 43.1. The fraction of sp³-hybridized carbons (Fsp3) is 0.606. The Hall–Kier alpha value is -10.8. The zero-order valence-corrected chi connectivity index (χ0v) is 61.0. The number of aromatic amines is 1. The zero-order valence-electron chi connectivity index (χ0n) is 61.0. The van der Waals surface area contributed by atoms with E-state index in [1.165, 1.54) is 33.3 Å². The van der Waals surface area contributed by atoms with Gasteiger partial charge in [-0.25, -0.2) is 9.78 Å². The van der Waals surface area contributed by atoms with Crippen LogP contribution in [0.15, 0.2) is 42.9 Å². The van der Waals surface area contributed by atoms with Crippen LogP contribution in [0.2, 0.25) is 0 Å². The lowest BCUT2D eigenvalue weighted by Crippen LogP contribution is -2.59. The van der Waals surface area contributed by atoms with E-state index in [2.05, 4.69) is 79.1 Å². The Morgan fingerprint density at radius 3 is 1.31 bits per heavy atom. The molecule has 2 rings (SSSR count). The predicted octanol–water partition coefficient (Wildman–Crippen LogP) is -9.52. The van der Waals surface area contributed by atoms with Crippen molar-refractivity contribution in [2.75, 3.05) is 45.9 Å². The second kappa shape index (κ2) is 49.9. The van der Waals surface area contributed by atoms with Crippen molar-refractivity contribution in [1.29, 1.82) is 0 Å². The van der Waals surface area contributed by atoms with Crippen molar-refractivity contribution in [2.45, 2.75) is 203 Å². The average Bonchev–Trinajstić information content (AvgIpc) is 0.998. The Morgan fingerprint density at radius 1 is 0.454 bits per heavy atom. The van der Waals surface area contributed by atoms with Gasteiger partial charge in [0.25, 0.3) is 0 Å². The number of nitrogens with one attached hydrogen (secondary N) is 15. The third kappa shape index (κ3) is 36.0. The number of carbonyl (C=O) groups excluding carboxylic acids is 15. The highest BCUT2D eigenvalue weighted by Crippen LogP contribution is 2.11. The van der Waals surface area contributed by atoms with E-state index in [1.54, 1.807) is 30.3 Å². The topological polar surface area (TPSA) is 698 Å². The highest BCUT2D eigenvalue weighted by Gasteiger charge is 2.36. The summed E-state index contributed by atoms with van der Waals surface area (Å²) < 4.78 is 0. The molecule has 0 saturated heterocycles. The summed E-state index contributed by atoms with van der Waals surface area (Å²) in [5, 5.41) is 71.8. The number of aliphatic carboxylic acids is 2. The molecule has 108 heavy (non-hydrogen) atoms. The Labute approximate surface area is 622 Å². The van der Waals surface area contributed by atoms with Gasteiger partial charge in [-0.3, -0.25) is 76.7 Å². The predicted molar refractivity (Wildman–Crippen MR) is 383 cm³/mol. The summed E-state index contributed by atoms with van der Waals surface area (Å²) in [6.07, 6.45) is 1.39. The molecule has 2 aromatic rings. The van der Waals surface area contributed by atoms with Gasteiger partial charge >= 0.3 is 11.9 Å². The Morgan fingerprint density at radius 2 is 0.870 bits per heavy atom. The number of primary amides is 1. The minimum atomic E-state index is -1.92. The van der Waals surface area contributed by atoms with Crippen LogP contribution in [0.3, 0.4) is 0 Å². The number of H-pyrrole nitrogens is 1. The number of carbonyl (C=O) groups is 17. The van der Waals surface area contributed by atoms with Crippen LogP contribution in [0, 0.1) is 5.92 Å². The Balaban J connectivity index is 2.27. The molecule has 0 radical (unpaired) electrons. The summed E-state index contributed by atoms with van der Waals surface area (Å²) in [6.45, 7) is 3.85. The second-order valence-corrected chi connectivity index (χ2v) is 25.7. The summed E-state index contributed by atoms with van der Waals surface area (Å²) >= 11 is 0. The summed E-state index contributed by atoms with van der Waals surface area (Å²) in [7, 11) is 0. The quantitative estimate of drug-likeness (QED) is 0.0274. The van der Waals surface area contributed by atoms with Gasteiger partial charge in [-0.15, -0.1) is 0 Å². The molecule has 42 nitrogen and oxygen atoms in total. The number of imidazole rings is 1. The molecule has 0 spiro atoms. The first-order valence-corrected chi connectivity index (χ1v) is 35.1. The highest BCUT2D eigenvalue weighted by atomic mass is 16.4. The molecule has 0 fully saturated rings. The first-order valence-electron chi connectivity index (χ1n) is 35.1. The van der Waals surface area contributed by atoms with Crippen molar-refractivity contribution in [3.8, 4) is 0 Å². The summed E-state index contributed by atoms with van der Waals surface area (Å²) in [5.74, 6) is -18.5. The molecule has 42 heteroatoms. The molecule has 0 aliphatic carbocycles. The lowest BCUT2D eigenvalue weighted by molar-refractivity contribution is -0.144. The first-order chi connectivity index (χ1) is 51.0. The molecule has 0 saturated carbocycles. The molecule has 15 amide bonds. The number of rotatable bonds is 53. The molecule has 0 unspecified atom stereocenters. The molecule has 13 atom stereocenters. The van der Waals surface area contributed by atoms with Crippen LogP contribution in [0.25, 0.3) is 0 Å². The molecule has 602 valence electrons. The molecule has 0 bridgehead atoms. The monoisotopic (exact) mass is 1530 g/mol. The van der Waals surface area contributed by atoms with E-state index in [0.717, 1.165) is 13.8 Å². The van der Waals surface area contributed by atoms with E-state index >= 15 is 0 Å². The number of aliphatic hydroxyl groups is 2. The minimum Gasteiger partial charge on any atom is -0.481 e. The van der Waals surface area contributed by atoms with E-state index in [1.807, 2.05) is 5.32 Å². The van der Waals surface area contributed by atoms with E-state index < -0.39 is 231 Å². The molecule has 1 aromatic carbocycles. The number of aromatic nitrogens is 2. The highest BCUT2D eigenvalue weighted by molar-refractivity contribution is 6.00. The van der Waals surface area contributed by atoms with Crippen molar-refractivity contribution < 1.29 is 102 Å². The zero-order chi connectivity index (χ0) is 81.2. The lowest BCUT2D eigenvalue weighted by atomic mass is 10.0. The van der Waals surface area contributed by atoms with Gasteiger partial charge in [0.2, 0.25) is 88.6 Å². The molecule has 1 aromatic heterocycles. The second-order valence-electron chi connectivity index (χ2n) is 25.7. The molecular weight excluding hydrogens is 1420 g/mol. The number of nitrogens with zero attached hydrogens (tertiary/aromatic N) is 1. The molecule has 1 heterocycles. The fourth-order valence-electron chi connectivity index (χ4n) is 10.1. The maximum absolute atomic E-state index is 14.3. The van der Waals surface area contributed by atoms with E-state index in [4.69, 9.17) is 28.7 Å². The third-order valence-corrected chi connectivity index (χ3v) is 16.3. The molecule has 0 aliphatic heterocycles. The summed E-state index contributed by atoms with van der Waals surface area (Å²) in [4.78, 5) is 231. The van der Waals surface area contributed by atoms with Gasteiger partial charge in [-0.1, -0.05) is 50.6 Å². The fourth-order valence-corrected chi connectivity index (χ4v) is 10.1. The van der Waals surface area contributed by atoms with Crippen molar-refractivity contribution in [2.24, 2.45) is 34.6 Å². The number of amides is 15. The summed E-state index contributed by atoms with van der Waals surface area (Å²) in [5.41, 5.74) is 29.1. The number of hydrogen-bond donors (Lipinski definition) is 24. The number of unbranched alkanes of at least 4 members (excludes halogenated alkanes) is 3. The number of nitrogens with two attached hydrogens (primary N) is 5. The molecule has 29 N–H and O–H groups in total. The van der Waals surface area contributed by atoms with Gasteiger partial charge in [0.1, 0.15) is 60.4 Å². The number of carboxylic acid groups (broad SMARTS) is 2. The van der Waals surface area contributed by atoms with Crippen LogP contribution in [0.4, 0.5) is 0 Å². The largest absolute Gasteiger partial charge is 0.481 e. The maximum atomic E-state index is 14.3. The normalized spacial score (nSPS) is 14.6. The van der Waals surface area contributed by atoms with E-state index in [-0.39, 0.29) is 58.0 Å². The van der Waals surface area contributed by atoms with Crippen LogP contribution in [-0.4, -0.2) is 255 Å². The molecule has 0 aliphatic rings. The van der Waals surface area contributed by atoms with Gasteiger partial charge in [-0.2, -0.15) is 0 Å². The van der Waals surface area contributed by atoms with Gasteiger partial charge in [-0.05, 0) is 110 Å². The smallest absolute Gasteiger partial charge is 0.328 e. The van der Waals surface area contributed by atoms with Gasteiger partial charge in [0, 0.05) is 31.2 Å². The van der Waals surface area contributed by atoms with Crippen molar-refractivity contribution in [3.05, 3.63) is 54.1 Å². The van der Waals surface area contributed by atoms with Crippen LogP contribution in [-0.2, 0) is 94.3 Å². The van der Waals surface area contributed by atoms with Gasteiger partial charge in [0.15, 0.2) is 6.04 Å². The lowest BCUT2D eigenvalue weighted by Gasteiger charge is -2.26. The minimum absolute atomic E-state index is 0.0250. The Bertz CT molecular complexity index is 3330. The van der Waals surface area contributed by atoms with E-state index in [9.17, 15) is 102 Å². The van der Waals surface area contributed by atoms with Crippen LogP contribution >= 0.6 is 0 Å². The average molecular weight is 1530 g/mol. The summed E-state index contributed by atoms with van der Waals surface area (Å²) in [6, 6.07) is -9.59. The van der Waals surface area contributed by atoms with Crippen LogP contribution in [0.5, 0.6) is 0 Å². The van der Waals surface area contributed by atoms with Crippen molar-refractivity contribution in [3.63, 3.8) is 0 Å². The van der Waals surface area contributed by atoms with Crippen LogP contribution in [0.1, 0.15) is 123 Å². The van der Waals surface area contributed by atoms with Crippen molar-refractivity contribution in [1.82, 2.24) is 84.4 Å². The van der Waals surface area contributed by atoms with E-state index in [0.29, 0.717) is 43.5 Å². The third-order valence-electron chi connectivity index (χ3n) is 16.3. The number of carboxylic acids is 2. The first kappa shape index (κ1) is 93.3. The number of benzene rings is 1. The SMILES string of the molecule is CC(C)[C@H](NC(=O)CNC(=O)[C@H](CCCCN)NC(=O)[C@H](Cc1ccccc1)NC(=O)CNC(=O)[C@H](CCCCN)NC(=O)[C@H](Cc1cnc[nH]1)NC(=O)[C@H](C)NC(=O)[C@H](CO)NC(=O)[C@@H](N)CCCCN)C(=O)N[C@@H](CC(=O)O)C(=O)N[C@@H](C)C(=O)N[C@@H](CCC(N)=O)C(=O)NCC(=O)N[C@H](C(=O)O)[C@@H](C)O. The maximum Gasteiger partial charge on any atom is 0.328 e. The van der Waals surface area contributed by atoms with Gasteiger partial charge in [0.05, 0.1) is 51.1 Å². The van der Waals surface area contributed by atoms with Gasteiger partial charge < -0.3 is 129 Å².